The van der Waals surface area contributed by atoms with E-state index < -0.39 is 0 Å². The summed E-state index contributed by atoms with van der Waals surface area (Å²) in [5, 5.41) is 0. The van der Waals surface area contributed by atoms with Crippen LogP contribution < -0.4 is 0 Å². The molecule has 0 aliphatic heterocycles. The summed E-state index contributed by atoms with van der Waals surface area (Å²) < 4.78 is 10.2. The first-order valence-corrected chi connectivity index (χ1v) is 5.68. The summed E-state index contributed by atoms with van der Waals surface area (Å²) in [7, 11) is 0. The van der Waals surface area contributed by atoms with Crippen molar-refractivity contribution in [2.45, 2.75) is 39.0 Å². The van der Waals surface area contributed by atoms with Gasteiger partial charge in [0.15, 0.2) is 0 Å². The van der Waals surface area contributed by atoms with E-state index in [0.29, 0.717) is 13.2 Å². The average Bonchev–Trinajstić information content (AvgIpc) is 2.26. The number of ether oxygens (including phenoxy) is 2. The molecule has 0 fully saturated rings. The minimum absolute atomic E-state index is 0.363. The number of esters is 1. The largest absolute Gasteiger partial charge is 0.462 e. The Kier molecular flexibility index (Phi) is 10.6. The molecule has 0 saturated heterocycles. The molecular weight excluding hydrogens is 192 g/mol. The van der Waals surface area contributed by atoms with Gasteiger partial charge in [-0.25, -0.2) is 4.79 Å². The zero-order valence-electron chi connectivity index (χ0n) is 9.67. The topological polar surface area (TPSA) is 35.5 Å². The normalized spacial score (nSPS) is 9.93. The van der Waals surface area contributed by atoms with Gasteiger partial charge in [-0.2, -0.15) is 0 Å². The number of hydrogen-bond acceptors (Lipinski definition) is 3. The first-order chi connectivity index (χ1) is 7.31. The lowest BCUT2D eigenvalue weighted by Crippen LogP contribution is -2.05. The minimum atomic E-state index is -0.363. The molecule has 0 aromatic carbocycles. The fraction of sp³-hybridized carbons (Fsp3) is 0.750. The van der Waals surface area contributed by atoms with Crippen molar-refractivity contribution in [2.75, 3.05) is 19.8 Å². The molecule has 0 amide bonds. The van der Waals surface area contributed by atoms with Crippen LogP contribution in [0.4, 0.5) is 0 Å². The molecule has 0 aliphatic carbocycles. The molecule has 0 radical (unpaired) electrons. The van der Waals surface area contributed by atoms with Crippen molar-refractivity contribution in [1.29, 1.82) is 0 Å². The van der Waals surface area contributed by atoms with Gasteiger partial charge < -0.3 is 9.47 Å². The van der Waals surface area contributed by atoms with Gasteiger partial charge in [-0.1, -0.05) is 32.8 Å². The van der Waals surface area contributed by atoms with Gasteiger partial charge in [-0.3, -0.25) is 0 Å². The second-order valence-corrected chi connectivity index (χ2v) is 3.40. The van der Waals surface area contributed by atoms with E-state index in [2.05, 4.69) is 13.5 Å². The molecule has 88 valence electrons. The SMILES string of the molecule is C=CC(=O)OCCCOCCCCCC. The van der Waals surface area contributed by atoms with Gasteiger partial charge in [0, 0.05) is 25.7 Å². The van der Waals surface area contributed by atoms with Crippen LogP contribution in [0.3, 0.4) is 0 Å². The summed E-state index contributed by atoms with van der Waals surface area (Å²) in [6, 6.07) is 0. The summed E-state index contributed by atoms with van der Waals surface area (Å²) in [5.41, 5.74) is 0. The summed E-state index contributed by atoms with van der Waals surface area (Å²) >= 11 is 0. The maximum Gasteiger partial charge on any atom is 0.330 e. The predicted octanol–water partition coefficient (Wildman–Crippen LogP) is 2.70. The minimum Gasteiger partial charge on any atom is -0.462 e. The third kappa shape index (κ3) is 11.1. The van der Waals surface area contributed by atoms with E-state index in [-0.39, 0.29) is 5.97 Å². The molecule has 0 aromatic heterocycles. The second-order valence-electron chi connectivity index (χ2n) is 3.40. The van der Waals surface area contributed by atoms with Crippen molar-refractivity contribution >= 4 is 5.97 Å². The summed E-state index contributed by atoms with van der Waals surface area (Å²) in [5.74, 6) is -0.363. The maximum absolute atomic E-state index is 10.6. The maximum atomic E-state index is 10.6. The van der Waals surface area contributed by atoms with E-state index in [1.54, 1.807) is 0 Å². The van der Waals surface area contributed by atoms with Crippen LogP contribution in [0.15, 0.2) is 12.7 Å². The zero-order chi connectivity index (χ0) is 11.4. The molecular formula is C12H22O3. The Hall–Kier alpha value is -0.830. The molecule has 15 heavy (non-hydrogen) atoms. The van der Waals surface area contributed by atoms with Crippen molar-refractivity contribution in [2.24, 2.45) is 0 Å². The van der Waals surface area contributed by atoms with Gasteiger partial charge in [-0.05, 0) is 6.42 Å². The van der Waals surface area contributed by atoms with Crippen LogP contribution in [0.25, 0.3) is 0 Å². The van der Waals surface area contributed by atoms with Crippen molar-refractivity contribution in [3.8, 4) is 0 Å². The Bertz CT molecular complexity index is 166. The molecule has 3 nitrogen and oxygen atoms in total. The second kappa shape index (κ2) is 11.2. The van der Waals surface area contributed by atoms with Crippen molar-refractivity contribution in [3.05, 3.63) is 12.7 Å². The van der Waals surface area contributed by atoms with E-state index in [1.807, 2.05) is 0 Å². The Morgan fingerprint density at radius 1 is 1.13 bits per heavy atom. The highest BCUT2D eigenvalue weighted by molar-refractivity contribution is 5.81. The molecule has 0 bridgehead atoms. The third-order valence-corrected chi connectivity index (χ3v) is 1.99. The highest BCUT2D eigenvalue weighted by Crippen LogP contribution is 1.99. The van der Waals surface area contributed by atoms with Crippen LogP contribution >= 0.6 is 0 Å². The zero-order valence-corrected chi connectivity index (χ0v) is 9.67. The van der Waals surface area contributed by atoms with Crippen LogP contribution in [0.1, 0.15) is 39.0 Å². The van der Waals surface area contributed by atoms with Gasteiger partial charge in [0.1, 0.15) is 0 Å². The molecule has 0 atom stereocenters. The van der Waals surface area contributed by atoms with Crippen molar-refractivity contribution in [1.82, 2.24) is 0 Å². The fourth-order valence-electron chi connectivity index (χ4n) is 1.13. The number of carbonyl (C=O) groups is 1. The molecule has 0 N–H and O–H groups in total. The first-order valence-electron chi connectivity index (χ1n) is 5.68. The molecule has 0 unspecified atom stereocenters. The average molecular weight is 214 g/mol. The van der Waals surface area contributed by atoms with Gasteiger partial charge in [0.25, 0.3) is 0 Å². The van der Waals surface area contributed by atoms with Crippen LogP contribution in [0, 0.1) is 0 Å². The van der Waals surface area contributed by atoms with E-state index in [9.17, 15) is 4.79 Å². The Morgan fingerprint density at radius 2 is 1.87 bits per heavy atom. The molecule has 0 rings (SSSR count). The van der Waals surface area contributed by atoms with Crippen LogP contribution in [-0.4, -0.2) is 25.8 Å². The summed E-state index contributed by atoms with van der Waals surface area (Å²) in [6.07, 6.45) is 6.82. The molecule has 0 aromatic rings. The highest BCUT2D eigenvalue weighted by Gasteiger charge is 1.95. The van der Waals surface area contributed by atoms with Crippen molar-refractivity contribution < 1.29 is 14.3 Å². The molecule has 0 aliphatic rings. The standard InChI is InChI=1S/C12H22O3/c1-3-5-6-7-9-14-10-8-11-15-12(13)4-2/h4H,2-3,5-11H2,1H3. The van der Waals surface area contributed by atoms with Crippen LogP contribution in [0.5, 0.6) is 0 Å². The fourth-order valence-corrected chi connectivity index (χ4v) is 1.13. The Labute approximate surface area is 92.5 Å². The number of hydrogen-bond donors (Lipinski definition) is 0. The number of unbranched alkanes of at least 4 members (excludes halogenated alkanes) is 3. The lowest BCUT2D eigenvalue weighted by atomic mass is 10.2. The number of rotatable bonds is 10. The molecule has 0 saturated carbocycles. The van der Waals surface area contributed by atoms with E-state index in [4.69, 9.17) is 9.47 Å². The predicted molar refractivity (Wildman–Crippen MR) is 60.7 cm³/mol. The van der Waals surface area contributed by atoms with Crippen LogP contribution in [-0.2, 0) is 14.3 Å². The Morgan fingerprint density at radius 3 is 2.53 bits per heavy atom. The van der Waals surface area contributed by atoms with Gasteiger partial charge in [0.2, 0.25) is 0 Å². The van der Waals surface area contributed by atoms with Crippen molar-refractivity contribution in [3.63, 3.8) is 0 Å². The van der Waals surface area contributed by atoms with E-state index in [0.717, 1.165) is 19.4 Å². The Balaban J connectivity index is 2.98. The highest BCUT2D eigenvalue weighted by atomic mass is 16.5. The molecule has 3 heteroatoms. The lowest BCUT2D eigenvalue weighted by Gasteiger charge is -2.04. The lowest BCUT2D eigenvalue weighted by molar-refractivity contribution is -0.138. The molecule has 0 heterocycles. The summed E-state index contributed by atoms with van der Waals surface area (Å²) in [4.78, 5) is 10.6. The van der Waals surface area contributed by atoms with E-state index >= 15 is 0 Å². The summed E-state index contributed by atoms with van der Waals surface area (Å²) in [6.45, 7) is 7.40. The number of carbonyl (C=O) groups excluding carboxylic acids is 1. The smallest absolute Gasteiger partial charge is 0.330 e. The first kappa shape index (κ1) is 14.2. The van der Waals surface area contributed by atoms with Gasteiger partial charge in [0.05, 0.1) is 6.61 Å². The van der Waals surface area contributed by atoms with Crippen LogP contribution in [0.2, 0.25) is 0 Å². The monoisotopic (exact) mass is 214 g/mol. The van der Waals surface area contributed by atoms with Gasteiger partial charge in [-0.15, -0.1) is 0 Å². The van der Waals surface area contributed by atoms with Gasteiger partial charge >= 0.3 is 5.97 Å². The van der Waals surface area contributed by atoms with E-state index in [1.165, 1.54) is 25.3 Å². The molecule has 0 spiro atoms. The third-order valence-electron chi connectivity index (χ3n) is 1.99. The quantitative estimate of drug-likeness (QED) is 0.318.